The van der Waals surface area contributed by atoms with Gasteiger partial charge in [0.05, 0.1) is 0 Å². The first-order valence-corrected chi connectivity index (χ1v) is 7.19. The Hall–Kier alpha value is -1.55. The first kappa shape index (κ1) is 12.5. The van der Waals surface area contributed by atoms with E-state index in [1.807, 2.05) is 17.0 Å². The lowest BCUT2D eigenvalue weighted by atomic mass is 10.2. The van der Waals surface area contributed by atoms with Crippen molar-refractivity contribution in [1.82, 2.24) is 10.2 Å². The summed E-state index contributed by atoms with van der Waals surface area (Å²) in [4.78, 5) is 13.8. The predicted octanol–water partition coefficient (Wildman–Crippen LogP) is 2.57. The summed E-state index contributed by atoms with van der Waals surface area (Å²) in [5, 5.41) is 6.44. The molecule has 1 aromatic rings. The number of hydrogen-bond acceptors (Lipinski definition) is 2. The molecule has 102 valence electrons. The molecule has 0 spiro atoms. The van der Waals surface area contributed by atoms with Crippen molar-refractivity contribution < 1.29 is 4.79 Å². The van der Waals surface area contributed by atoms with E-state index in [2.05, 4.69) is 22.8 Å². The molecule has 2 fully saturated rings. The van der Waals surface area contributed by atoms with E-state index in [1.54, 1.807) is 0 Å². The monoisotopic (exact) mass is 259 g/mol. The van der Waals surface area contributed by atoms with Gasteiger partial charge in [-0.05, 0) is 43.4 Å². The molecule has 3 rings (SSSR count). The highest BCUT2D eigenvalue weighted by atomic mass is 16.2. The van der Waals surface area contributed by atoms with Gasteiger partial charge in [0.2, 0.25) is 0 Å². The van der Waals surface area contributed by atoms with Crippen LogP contribution in [0.15, 0.2) is 24.3 Å². The molecule has 1 aromatic carbocycles. The van der Waals surface area contributed by atoms with E-state index in [4.69, 9.17) is 0 Å². The van der Waals surface area contributed by atoms with Crippen molar-refractivity contribution in [3.8, 4) is 0 Å². The fraction of sp³-hybridized carbons (Fsp3) is 0.533. The molecule has 1 aliphatic heterocycles. The molecule has 2 aliphatic rings. The maximum absolute atomic E-state index is 11.9. The zero-order valence-corrected chi connectivity index (χ0v) is 11.2. The standard InChI is InChI=1S/C15H21N3O/c19-15(18-9-1-2-10-18)17-14-5-3-12(4-6-14)11-16-13-7-8-13/h3-6,13,16H,1-2,7-11H2,(H,17,19). The summed E-state index contributed by atoms with van der Waals surface area (Å²) in [5.41, 5.74) is 2.15. The number of carbonyl (C=O) groups excluding carboxylic acids is 1. The third-order valence-corrected chi connectivity index (χ3v) is 3.77. The molecule has 0 unspecified atom stereocenters. The van der Waals surface area contributed by atoms with E-state index in [0.717, 1.165) is 44.2 Å². The third kappa shape index (κ3) is 3.47. The Labute approximate surface area is 114 Å². The summed E-state index contributed by atoms with van der Waals surface area (Å²) in [7, 11) is 0. The number of likely N-dealkylation sites (tertiary alicyclic amines) is 1. The van der Waals surface area contributed by atoms with Crippen molar-refractivity contribution in [3.05, 3.63) is 29.8 Å². The fourth-order valence-electron chi connectivity index (χ4n) is 2.38. The topological polar surface area (TPSA) is 44.4 Å². The van der Waals surface area contributed by atoms with Gasteiger partial charge in [-0.25, -0.2) is 4.79 Å². The molecule has 0 bridgehead atoms. The van der Waals surface area contributed by atoms with Crippen LogP contribution in [0.2, 0.25) is 0 Å². The van der Waals surface area contributed by atoms with Gasteiger partial charge in [-0.2, -0.15) is 0 Å². The number of carbonyl (C=O) groups is 1. The Bertz CT molecular complexity index is 433. The van der Waals surface area contributed by atoms with Crippen molar-refractivity contribution in [2.45, 2.75) is 38.3 Å². The zero-order chi connectivity index (χ0) is 13.1. The van der Waals surface area contributed by atoms with Gasteiger partial charge in [-0.15, -0.1) is 0 Å². The Balaban J connectivity index is 1.51. The Morgan fingerprint density at radius 2 is 1.84 bits per heavy atom. The summed E-state index contributed by atoms with van der Waals surface area (Å²) in [6.45, 7) is 2.69. The van der Waals surface area contributed by atoms with E-state index in [9.17, 15) is 4.79 Å². The average molecular weight is 259 g/mol. The van der Waals surface area contributed by atoms with Crippen LogP contribution in [0.25, 0.3) is 0 Å². The highest BCUT2D eigenvalue weighted by Crippen LogP contribution is 2.19. The summed E-state index contributed by atoms with van der Waals surface area (Å²) in [6.07, 6.45) is 4.87. The third-order valence-electron chi connectivity index (χ3n) is 3.77. The quantitative estimate of drug-likeness (QED) is 0.873. The first-order valence-electron chi connectivity index (χ1n) is 7.19. The maximum Gasteiger partial charge on any atom is 0.321 e. The van der Waals surface area contributed by atoms with Crippen molar-refractivity contribution in [2.24, 2.45) is 0 Å². The van der Waals surface area contributed by atoms with E-state index in [-0.39, 0.29) is 6.03 Å². The van der Waals surface area contributed by atoms with Gasteiger partial charge in [0, 0.05) is 31.4 Å². The van der Waals surface area contributed by atoms with Crippen LogP contribution >= 0.6 is 0 Å². The average Bonchev–Trinajstić information content (AvgIpc) is 3.09. The first-order chi connectivity index (χ1) is 9.31. The van der Waals surface area contributed by atoms with Crippen LogP contribution in [0.1, 0.15) is 31.2 Å². The van der Waals surface area contributed by atoms with E-state index >= 15 is 0 Å². The summed E-state index contributed by atoms with van der Waals surface area (Å²) >= 11 is 0. The van der Waals surface area contributed by atoms with Crippen LogP contribution in [-0.4, -0.2) is 30.1 Å². The SMILES string of the molecule is O=C(Nc1ccc(CNC2CC2)cc1)N1CCCC1. The van der Waals surface area contributed by atoms with Crippen molar-refractivity contribution in [1.29, 1.82) is 0 Å². The number of nitrogens with zero attached hydrogens (tertiary/aromatic N) is 1. The molecule has 19 heavy (non-hydrogen) atoms. The second-order valence-corrected chi connectivity index (χ2v) is 5.48. The van der Waals surface area contributed by atoms with E-state index < -0.39 is 0 Å². The Morgan fingerprint density at radius 1 is 1.16 bits per heavy atom. The van der Waals surface area contributed by atoms with Crippen molar-refractivity contribution in [3.63, 3.8) is 0 Å². The number of amides is 2. The largest absolute Gasteiger partial charge is 0.325 e. The van der Waals surface area contributed by atoms with E-state index in [0.29, 0.717) is 0 Å². The van der Waals surface area contributed by atoms with E-state index in [1.165, 1.54) is 18.4 Å². The van der Waals surface area contributed by atoms with Gasteiger partial charge >= 0.3 is 6.03 Å². The van der Waals surface area contributed by atoms with Crippen molar-refractivity contribution >= 4 is 11.7 Å². The van der Waals surface area contributed by atoms with Crippen molar-refractivity contribution in [2.75, 3.05) is 18.4 Å². The lowest BCUT2D eigenvalue weighted by molar-refractivity contribution is 0.222. The zero-order valence-electron chi connectivity index (χ0n) is 11.2. The lowest BCUT2D eigenvalue weighted by Gasteiger charge is -2.16. The Kier molecular flexibility index (Phi) is 3.69. The molecule has 1 heterocycles. The summed E-state index contributed by atoms with van der Waals surface area (Å²) in [6, 6.07) is 8.88. The number of rotatable bonds is 4. The molecular formula is C15H21N3O. The molecular weight excluding hydrogens is 238 g/mol. The molecule has 4 nitrogen and oxygen atoms in total. The smallest absolute Gasteiger partial charge is 0.321 e. The number of anilines is 1. The van der Waals surface area contributed by atoms with Gasteiger partial charge < -0.3 is 15.5 Å². The molecule has 1 saturated carbocycles. The maximum atomic E-state index is 11.9. The summed E-state index contributed by atoms with van der Waals surface area (Å²) in [5.74, 6) is 0. The highest BCUT2D eigenvalue weighted by molar-refractivity contribution is 5.89. The summed E-state index contributed by atoms with van der Waals surface area (Å²) < 4.78 is 0. The van der Waals surface area contributed by atoms with Gasteiger partial charge in [0.15, 0.2) is 0 Å². The highest BCUT2D eigenvalue weighted by Gasteiger charge is 2.20. The predicted molar refractivity (Wildman–Crippen MR) is 76.1 cm³/mol. The van der Waals surface area contributed by atoms with Crippen LogP contribution in [0.4, 0.5) is 10.5 Å². The van der Waals surface area contributed by atoms with Gasteiger partial charge in [-0.1, -0.05) is 12.1 Å². The van der Waals surface area contributed by atoms with Crippen LogP contribution in [0.3, 0.4) is 0 Å². The van der Waals surface area contributed by atoms with Crippen LogP contribution in [0, 0.1) is 0 Å². The fourth-order valence-corrected chi connectivity index (χ4v) is 2.38. The number of hydrogen-bond donors (Lipinski definition) is 2. The van der Waals surface area contributed by atoms with Crippen LogP contribution in [0.5, 0.6) is 0 Å². The van der Waals surface area contributed by atoms with Gasteiger partial charge in [-0.3, -0.25) is 0 Å². The Morgan fingerprint density at radius 3 is 2.47 bits per heavy atom. The van der Waals surface area contributed by atoms with Gasteiger partial charge in [0.1, 0.15) is 0 Å². The lowest BCUT2D eigenvalue weighted by Crippen LogP contribution is -2.32. The molecule has 2 N–H and O–H groups in total. The molecule has 1 aliphatic carbocycles. The second kappa shape index (κ2) is 5.61. The second-order valence-electron chi connectivity index (χ2n) is 5.48. The number of urea groups is 1. The molecule has 4 heteroatoms. The number of benzene rings is 1. The normalized spacial score (nSPS) is 18.6. The van der Waals surface area contributed by atoms with Gasteiger partial charge in [0.25, 0.3) is 0 Å². The molecule has 2 amide bonds. The molecule has 0 radical (unpaired) electrons. The van der Waals surface area contributed by atoms with Crippen LogP contribution < -0.4 is 10.6 Å². The molecule has 0 atom stereocenters. The van der Waals surface area contributed by atoms with Crippen LogP contribution in [-0.2, 0) is 6.54 Å². The minimum absolute atomic E-state index is 0.0290. The number of nitrogens with one attached hydrogen (secondary N) is 2. The minimum Gasteiger partial charge on any atom is -0.325 e. The molecule has 1 saturated heterocycles. The molecule has 0 aromatic heterocycles. The minimum atomic E-state index is 0.0290.